The van der Waals surface area contributed by atoms with Gasteiger partial charge in [-0.15, -0.1) is 0 Å². The lowest BCUT2D eigenvalue weighted by Gasteiger charge is -2.20. The van der Waals surface area contributed by atoms with Crippen LogP contribution in [0.15, 0.2) is 36.4 Å². The van der Waals surface area contributed by atoms with Crippen molar-refractivity contribution in [1.29, 1.82) is 0 Å². The van der Waals surface area contributed by atoms with Crippen LogP contribution < -0.4 is 5.32 Å². The van der Waals surface area contributed by atoms with Gasteiger partial charge in [0.05, 0.1) is 17.8 Å². The summed E-state index contributed by atoms with van der Waals surface area (Å²) in [5.74, 6) is 0.0566. The summed E-state index contributed by atoms with van der Waals surface area (Å²) in [6.07, 6.45) is 1.81. The topological polar surface area (TPSA) is 81.2 Å². The van der Waals surface area contributed by atoms with Crippen molar-refractivity contribution in [3.63, 3.8) is 0 Å². The predicted molar refractivity (Wildman–Crippen MR) is 92.4 cm³/mol. The average molecular weight is 328 g/mol. The van der Waals surface area contributed by atoms with Gasteiger partial charge >= 0.3 is 0 Å². The number of aromatic amines is 1. The van der Waals surface area contributed by atoms with Crippen LogP contribution in [0.4, 0.5) is 0 Å². The van der Waals surface area contributed by atoms with Crippen LogP contribution in [0, 0.1) is 0 Å². The zero-order chi connectivity index (χ0) is 16.9. The van der Waals surface area contributed by atoms with Gasteiger partial charge in [-0.05, 0) is 25.3 Å². The van der Waals surface area contributed by atoms with Gasteiger partial charge in [0.2, 0.25) is 5.91 Å². The number of carbonyl (C=O) groups is 1. The monoisotopic (exact) mass is 328 g/mol. The fourth-order valence-corrected chi connectivity index (χ4v) is 3.03. The highest BCUT2D eigenvalue weighted by atomic mass is 16.3. The summed E-state index contributed by atoms with van der Waals surface area (Å²) in [5, 5.41) is 20.0. The lowest BCUT2D eigenvalue weighted by atomic mass is 10.1. The van der Waals surface area contributed by atoms with E-state index in [1.165, 1.54) is 0 Å². The first-order valence-corrected chi connectivity index (χ1v) is 8.39. The fourth-order valence-electron chi connectivity index (χ4n) is 3.03. The standard InChI is InChI=1S/C18H24N4O2/c1-22(18(24)17-11-15(23)12-19-17)9-5-8-14-10-16(21-20-14)13-6-3-2-4-7-13/h2-4,6-7,10,15,17,19,23H,5,8-9,11-12H2,1H3,(H,20,21)/t15-,17-/m1/s1. The number of aromatic nitrogens is 2. The Morgan fingerprint density at radius 1 is 1.38 bits per heavy atom. The Morgan fingerprint density at radius 2 is 2.17 bits per heavy atom. The Bertz CT molecular complexity index is 671. The first-order chi connectivity index (χ1) is 11.6. The molecule has 6 nitrogen and oxygen atoms in total. The van der Waals surface area contributed by atoms with Gasteiger partial charge in [0, 0.05) is 31.4 Å². The van der Waals surface area contributed by atoms with E-state index in [2.05, 4.69) is 21.6 Å². The van der Waals surface area contributed by atoms with E-state index < -0.39 is 6.10 Å². The van der Waals surface area contributed by atoms with Crippen LogP contribution in [0.3, 0.4) is 0 Å². The number of aliphatic hydroxyl groups excluding tert-OH is 1. The predicted octanol–water partition coefficient (Wildman–Crippen LogP) is 1.19. The van der Waals surface area contributed by atoms with E-state index in [9.17, 15) is 9.90 Å². The van der Waals surface area contributed by atoms with Gasteiger partial charge in [0.15, 0.2) is 0 Å². The van der Waals surface area contributed by atoms with Crippen molar-refractivity contribution >= 4 is 5.91 Å². The second kappa shape index (κ2) is 7.59. The Balaban J connectivity index is 1.46. The Kier molecular flexibility index (Phi) is 5.27. The number of rotatable bonds is 6. The number of amides is 1. The lowest BCUT2D eigenvalue weighted by molar-refractivity contribution is -0.131. The zero-order valence-electron chi connectivity index (χ0n) is 13.9. The highest BCUT2D eigenvalue weighted by Gasteiger charge is 2.29. The summed E-state index contributed by atoms with van der Waals surface area (Å²) < 4.78 is 0. The molecular formula is C18H24N4O2. The van der Waals surface area contributed by atoms with Crippen molar-refractivity contribution in [2.75, 3.05) is 20.1 Å². The molecule has 1 aliphatic rings. The molecule has 0 unspecified atom stereocenters. The van der Waals surface area contributed by atoms with Crippen LogP contribution in [-0.2, 0) is 11.2 Å². The number of carbonyl (C=O) groups excluding carboxylic acids is 1. The summed E-state index contributed by atoms with van der Waals surface area (Å²) in [4.78, 5) is 14.0. The lowest BCUT2D eigenvalue weighted by Crippen LogP contribution is -2.42. The number of nitrogens with one attached hydrogen (secondary N) is 2. The van der Waals surface area contributed by atoms with Gasteiger partial charge in [-0.1, -0.05) is 30.3 Å². The summed E-state index contributed by atoms with van der Waals surface area (Å²) in [6, 6.07) is 11.9. The third-order valence-electron chi connectivity index (χ3n) is 4.42. The van der Waals surface area contributed by atoms with Crippen molar-refractivity contribution < 1.29 is 9.90 Å². The van der Waals surface area contributed by atoms with Crippen molar-refractivity contribution in [3.8, 4) is 11.3 Å². The van der Waals surface area contributed by atoms with Crippen molar-refractivity contribution in [2.45, 2.75) is 31.4 Å². The maximum Gasteiger partial charge on any atom is 0.239 e. The summed E-state index contributed by atoms with van der Waals surface area (Å²) in [5.41, 5.74) is 3.11. The maximum atomic E-state index is 12.3. The zero-order valence-corrected chi connectivity index (χ0v) is 13.9. The molecule has 0 saturated carbocycles. The van der Waals surface area contributed by atoms with Gasteiger partial charge in [-0.25, -0.2) is 0 Å². The fraction of sp³-hybridized carbons (Fsp3) is 0.444. The van der Waals surface area contributed by atoms with Crippen molar-refractivity contribution in [3.05, 3.63) is 42.1 Å². The van der Waals surface area contributed by atoms with E-state index in [-0.39, 0.29) is 11.9 Å². The molecule has 128 valence electrons. The van der Waals surface area contributed by atoms with Gasteiger partial charge in [-0.3, -0.25) is 9.89 Å². The molecule has 0 radical (unpaired) electrons. The Labute approximate surface area is 141 Å². The molecule has 3 rings (SSSR count). The maximum absolute atomic E-state index is 12.3. The van der Waals surface area contributed by atoms with Crippen LogP contribution in [0.5, 0.6) is 0 Å². The molecule has 1 saturated heterocycles. The smallest absolute Gasteiger partial charge is 0.239 e. The van der Waals surface area contributed by atoms with Crippen LogP contribution in [0.25, 0.3) is 11.3 Å². The molecule has 1 aromatic heterocycles. The normalized spacial score (nSPS) is 20.2. The van der Waals surface area contributed by atoms with E-state index >= 15 is 0 Å². The highest BCUT2D eigenvalue weighted by molar-refractivity contribution is 5.82. The quantitative estimate of drug-likeness (QED) is 0.744. The molecule has 0 spiro atoms. The number of β-amino-alcohol motifs (C(OH)–C–C–N with tert-alkyl or cyclic N) is 1. The van der Waals surface area contributed by atoms with Crippen LogP contribution in [-0.4, -0.2) is 58.4 Å². The number of benzene rings is 1. The molecule has 2 heterocycles. The molecule has 1 amide bonds. The number of H-pyrrole nitrogens is 1. The first kappa shape index (κ1) is 16.7. The third kappa shape index (κ3) is 4.01. The number of hydrogen-bond donors (Lipinski definition) is 3. The van der Waals surface area contributed by atoms with Gasteiger partial charge in [-0.2, -0.15) is 5.10 Å². The molecule has 2 atom stereocenters. The van der Waals surface area contributed by atoms with Crippen LogP contribution in [0.2, 0.25) is 0 Å². The van der Waals surface area contributed by atoms with Gasteiger partial charge < -0.3 is 15.3 Å². The van der Waals surface area contributed by atoms with Crippen LogP contribution >= 0.6 is 0 Å². The van der Waals surface area contributed by atoms with Crippen molar-refractivity contribution in [2.24, 2.45) is 0 Å². The Hall–Kier alpha value is -2.18. The van der Waals surface area contributed by atoms with E-state index in [0.717, 1.165) is 29.8 Å². The second-order valence-corrected chi connectivity index (χ2v) is 6.36. The molecule has 1 fully saturated rings. The number of aryl methyl sites for hydroxylation is 1. The molecule has 0 bridgehead atoms. The van der Waals surface area contributed by atoms with E-state index in [1.54, 1.807) is 4.90 Å². The highest BCUT2D eigenvalue weighted by Crippen LogP contribution is 2.17. The molecular weight excluding hydrogens is 304 g/mol. The van der Waals surface area contributed by atoms with Gasteiger partial charge in [0.1, 0.15) is 0 Å². The molecule has 0 aliphatic carbocycles. The van der Waals surface area contributed by atoms with E-state index in [1.807, 2.05) is 37.4 Å². The number of aliphatic hydroxyl groups is 1. The third-order valence-corrected chi connectivity index (χ3v) is 4.42. The minimum Gasteiger partial charge on any atom is -0.392 e. The molecule has 24 heavy (non-hydrogen) atoms. The molecule has 6 heteroatoms. The van der Waals surface area contributed by atoms with Crippen molar-refractivity contribution in [1.82, 2.24) is 20.4 Å². The SMILES string of the molecule is CN(CCCc1cc(-c2ccccc2)n[nH]1)C(=O)[C@H]1C[C@@H](O)CN1. The number of hydrogen-bond acceptors (Lipinski definition) is 4. The Morgan fingerprint density at radius 3 is 2.88 bits per heavy atom. The van der Waals surface area contributed by atoms with Crippen LogP contribution in [0.1, 0.15) is 18.5 Å². The minimum atomic E-state index is -0.409. The summed E-state index contributed by atoms with van der Waals surface area (Å²) >= 11 is 0. The molecule has 1 aromatic carbocycles. The van der Waals surface area contributed by atoms with E-state index in [0.29, 0.717) is 19.5 Å². The summed E-state index contributed by atoms with van der Waals surface area (Å²) in [7, 11) is 1.82. The van der Waals surface area contributed by atoms with E-state index in [4.69, 9.17) is 0 Å². The average Bonchev–Trinajstić information content (AvgIpc) is 3.24. The van der Waals surface area contributed by atoms with Gasteiger partial charge in [0.25, 0.3) is 0 Å². The second-order valence-electron chi connectivity index (χ2n) is 6.36. The number of nitrogens with zero attached hydrogens (tertiary/aromatic N) is 2. The molecule has 1 aliphatic heterocycles. The summed E-state index contributed by atoms with van der Waals surface area (Å²) in [6.45, 7) is 1.19. The minimum absolute atomic E-state index is 0.0566. The molecule has 2 aromatic rings. The molecule has 3 N–H and O–H groups in total. The largest absolute Gasteiger partial charge is 0.392 e. The number of likely N-dealkylation sites (N-methyl/N-ethyl adjacent to an activating group) is 1. The first-order valence-electron chi connectivity index (χ1n) is 8.39.